The molecule has 1 amide bonds. The average Bonchev–Trinajstić information content (AvgIpc) is 2.99. The molecule has 0 unspecified atom stereocenters. The predicted octanol–water partition coefficient (Wildman–Crippen LogP) is 1.84. The van der Waals surface area contributed by atoms with Crippen molar-refractivity contribution in [2.45, 2.75) is 78.6 Å². The van der Waals surface area contributed by atoms with Crippen LogP contribution < -0.4 is 0 Å². The van der Waals surface area contributed by atoms with Crippen LogP contribution in [-0.2, 0) is 33.4 Å². The SMILES string of the molecule is CC(C)(C)OC(=O)CN1CC(C)(C)[C@@H](OC(=O)[C@@]23CC[C@@H](C(=O)O2)C3(C)C)C1=O. The van der Waals surface area contributed by atoms with Crippen molar-refractivity contribution in [3.8, 4) is 0 Å². The van der Waals surface area contributed by atoms with E-state index in [4.69, 9.17) is 14.2 Å². The van der Waals surface area contributed by atoms with Gasteiger partial charge in [-0.3, -0.25) is 14.4 Å². The summed E-state index contributed by atoms with van der Waals surface area (Å²) in [5.41, 5.74) is -3.40. The third-order valence-electron chi connectivity index (χ3n) is 6.40. The van der Waals surface area contributed by atoms with Gasteiger partial charge in [0.05, 0.1) is 5.92 Å². The van der Waals surface area contributed by atoms with Crippen LogP contribution in [0, 0.1) is 16.7 Å². The zero-order valence-electron chi connectivity index (χ0n) is 18.3. The summed E-state index contributed by atoms with van der Waals surface area (Å²) in [6.07, 6.45) is -0.104. The van der Waals surface area contributed by atoms with Gasteiger partial charge in [-0.1, -0.05) is 27.7 Å². The molecule has 8 heteroatoms. The molecule has 3 fully saturated rings. The van der Waals surface area contributed by atoms with Gasteiger partial charge >= 0.3 is 17.9 Å². The molecule has 1 saturated carbocycles. The van der Waals surface area contributed by atoms with Gasteiger partial charge in [0.15, 0.2) is 6.10 Å². The Morgan fingerprint density at radius 3 is 2.28 bits per heavy atom. The number of carbonyl (C=O) groups excluding carboxylic acids is 4. The minimum absolute atomic E-state index is 0.207. The number of carbonyl (C=O) groups is 4. The van der Waals surface area contributed by atoms with E-state index in [2.05, 4.69) is 0 Å². The number of fused-ring (bicyclic) bond motifs is 2. The zero-order valence-corrected chi connectivity index (χ0v) is 18.3. The fourth-order valence-corrected chi connectivity index (χ4v) is 4.79. The van der Waals surface area contributed by atoms with Gasteiger partial charge in [-0.2, -0.15) is 0 Å². The molecular formula is C21H31NO7. The van der Waals surface area contributed by atoms with Gasteiger partial charge in [0, 0.05) is 17.4 Å². The van der Waals surface area contributed by atoms with Gasteiger partial charge in [0.25, 0.3) is 5.91 Å². The second-order valence-corrected chi connectivity index (χ2v) is 10.6. The minimum atomic E-state index is -1.36. The summed E-state index contributed by atoms with van der Waals surface area (Å²) in [7, 11) is 0. The Kier molecular flexibility index (Phi) is 4.79. The number of rotatable bonds is 4. The van der Waals surface area contributed by atoms with E-state index < -0.39 is 46.0 Å². The molecule has 2 bridgehead atoms. The first-order valence-corrected chi connectivity index (χ1v) is 10.1. The van der Waals surface area contributed by atoms with Crippen LogP contribution in [0.3, 0.4) is 0 Å². The van der Waals surface area contributed by atoms with Crippen LogP contribution in [0.2, 0.25) is 0 Å². The normalized spacial score (nSPS) is 32.3. The third kappa shape index (κ3) is 3.40. The van der Waals surface area contributed by atoms with Crippen molar-refractivity contribution in [1.82, 2.24) is 4.90 Å². The smallest absolute Gasteiger partial charge is 0.352 e. The predicted molar refractivity (Wildman–Crippen MR) is 101 cm³/mol. The maximum absolute atomic E-state index is 13.1. The van der Waals surface area contributed by atoms with Crippen LogP contribution in [0.4, 0.5) is 0 Å². The molecule has 2 heterocycles. The highest BCUT2D eigenvalue weighted by molar-refractivity contribution is 5.94. The molecule has 0 aromatic carbocycles. The topological polar surface area (TPSA) is 99.2 Å². The molecule has 162 valence electrons. The number of hydrogen-bond donors (Lipinski definition) is 0. The van der Waals surface area contributed by atoms with Crippen molar-refractivity contribution < 1.29 is 33.4 Å². The van der Waals surface area contributed by atoms with E-state index in [-0.39, 0.29) is 25.0 Å². The summed E-state index contributed by atoms with van der Waals surface area (Å²) in [6, 6.07) is 0. The second kappa shape index (κ2) is 6.44. The van der Waals surface area contributed by atoms with Crippen molar-refractivity contribution in [3.63, 3.8) is 0 Å². The molecule has 29 heavy (non-hydrogen) atoms. The van der Waals surface area contributed by atoms with Crippen molar-refractivity contribution in [1.29, 1.82) is 0 Å². The molecular weight excluding hydrogens is 378 g/mol. The van der Waals surface area contributed by atoms with Crippen molar-refractivity contribution >= 4 is 23.8 Å². The lowest BCUT2D eigenvalue weighted by molar-refractivity contribution is -0.190. The highest BCUT2D eigenvalue weighted by Gasteiger charge is 2.71. The lowest BCUT2D eigenvalue weighted by atomic mass is 9.75. The van der Waals surface area contributed by atoms with Gasteiger partial charge in [-0.15, -0.1) is 0 Å². The molecule has 3 aliphatic rings. The minimum Gasteiger partial charge on any atom is -0.459 e. The largest absolute Gasteiger partial charge is 0.459 e. The summed E-state index contributed by atoms with van der Waals surface area (Å²) in [4.78, 5) is 51.7. The summed E-state index contributed by atoms with van der Waals surface area (Å²) >= 11 is 0. The quantitative estimate of drug-likeness (QED) is 0.516. The van der Waals surface area contributed by atoms with Gasteiger partial charge in [-0.05, 0) is 33.6 Å². The van der Waals surface area contributed by atoms with E-state index >= 15 is 0 Å². The first-order chi connectivity index (χ1) is 13.1. The first kappa shape index (κ1) is 21.6. The molecule has 0 aromatic heterocycles. The number of likely N-dealkylation sites (tertiary alicyclic amines) is 1. The number of hydrogen-bond acceptors (Lipinski definition) is 7. The Balaban J connectivity index is 1.74. The van der Waals surface area contributed by atoms with Crippen molar-refractivity contribution in [2.24, 2.45) is 16.7 Å². The molecule has 2 saturated heterocycles. The van der Waals surface area contributed by atoms with Crippen LogP contribution in [0.15, 0.2) is 0 Å². The lowest BCUT2D eigenvalue weighted by Crippen LogP contribution is -2.51. The van der Waals surface area contributed by atoms with Crippen molar-refractivity contribution in [2.75, 3.05) is 13.1 Å². The fourth-order valence-electron chi connectivity index (χ4n) is 4.79. The highest BCUT2D eigenvalue weighted by atomic mass is 16.6. The van der Waals surface area contributed by atoms with E-state index in [9.17, 15) is 19.2 Å². The van der Waals surface area contributed by atoms with Crippen molar-refractivity contribution in [3.05, 3.63) is 0 Å². The number of amides is 1. The Morgan fingerprint density at radius 1 is 1.17 bits per heavy atom. The number of esters is 3. The van der Waals surface area contributed by atoms with Crippen LogP contribution in [0.1, 0.15) is 61.3 Å². The Morgan fingerprint density at radius 2 is 1.79 bits per heavy atom. The Bertz CT molecular complexity index is 763. The first-order valence-electron chi connectivity index (χ1n) is 10.1. The van der Waals surface area contributed by atoms with Crippen LogP contribution in [0.25, 0.3) is 0 Å². The lowest BCUT2D eigenvalue weighted by Gasteiger charge is -2.35. The van der Waals surface area contributed by atoms with E-state index in [0.717, 1.165) is 0 Å². The maximum Gasteiger partial charge on any atom is 0.352 e. The molecule has 0 aromatic rings. The highest BCUT2D eigenvalue weighted by Crippen LogP contribution is 2.59. The van der Waals surface area contributed by atoms with Crippen LogP contribution >= 0.6 is 0 Å². The van der Waals surface area contributed by atoms with Gasteiger partial charge in [-0.25, -0.2) is 4.79 Å². The van der Waals surface area contributed by atoms with Gasteiger partial charge in [0.1, 0.15) is 12.1 Å². The number of nitrogens with zero attached hydrogens (tertiary/aromatic N) is 1. The standard InChI is InChI=1S/C21H31NO7/c1-18(2,3)28-13(23)10-22-11-19(4,5)14(15(22)24)27-17(26)21-9-8-12(16(25)29-21)20(21,6)7/h12,14H,8-11H2,1-7H3/t12-,14-,21+/m0/s1. The average molecular weight is 409 g/mol. The number of ether oxygens (including phenoxy) is 3. The molecule has 0 spiro atoms. The monoisotopic (exact) mass is 409 g/mol. The summed E-state index contributed by atoms with van der Waals surface area (Å²) in [5.74, 6) is -2.37. The molecule has 8 nitrogen and oxygen atoms in total. The van der Waals surface area contributed by atoms with E-state index in [1.165, 1.54) is 4.90 Å². The molecule has 3 atom stereocenters. The summed E-state index contributed by atoms with van der Waals surface area (Å²) < 4.78 is 16.4. The zero-order chi connectivity index (χ0) is 22.0. The third-order valence-corrected chi connectivity index (χ3v) is 6.40. The van der Waals surface area contributed by atoms with Crippen LogP contribution in [0.5, 0.6) is 0 Å². The van der Waals surface area contributed by atoms with E-state index in [1.54, 1.807) is 34.6 Å². The van der Waals surface area contributed by atoms with Gasteiger partial charge in [0.2, 0.25) is 5.60 Å². The second-order valence-electron chi connectivity index (χ2n) is 10.6. The Hall–Kier alpha value is -2.12. The maximum atomic E-state index is 13.1. The molecule has 1 aliphatic carbocycles. The van der Waals surface area contributed by atoms with E-state index in [0.29, 0.717) is 12.8 Å². The molecule has 0 N–H and O–H groups in total. The van der Waals surface area contributed by atoms with Crippen LogP contribution in [-0.4, -0.2) is 59.1 Å². The van der Waals surface area contributed by atoms with Gasteiger partial charge < -0.3 is 19.1 Å². The fraction of sp³-hybridized carbons (Fsp3) is 0.810. The summed E-state index contributed by atoms with van der Waals surface area (Å²) in [5, 5.41) is 0. The Labute approximate surface area is 171 Å². The molecule has 2 aliphatic heterocycles. The summed E-state index contributed by atoms with van der Waals surface area (Å²) in [6.45, 7) is 12.6. The van der Waals surface area contributed by atoms with E-state index in [1.807, 2.05) is 13.8 Å². The molecule has 3 rings (SSSR count). The molecule has 0 radical (unpaired) electrons.